The van der Waals surface area contributed by atoms with Gasteiger partial charge in [0.05, 0.1) is 12.7 Å². The summed E-state index contributed by atoms with van der Waals surface area (Å²) in [5.41, 5.74) is 3.98. The molecule has 0 saturated heterocycles. The molecule has 0 unspecified atom stereocenters. The maximum Gasteiger partial charge on any atom is 0.387 e. The zero-order valence-electron chi connectivity index (χ0n) is 12.9. The Bertz CT molecular complexity index is 766. The molecule has 25 heavy (non-hydrogen) atoms. The number of alkyl halides is 2. The Kier molecular flexibility index (Phi) is 5.83. The van der Waals surface area contributed by atoms with Crippen LogP contribution in [0.3, 0.4) is 0 Å². The fourth-order valence-corrected chi connectivity index (χ4v) is 1.92. The first-order chi connectivity index (χ1) is 11.9. The molecule has 0 fully saturated rings. The Balaban J connectivity index is 2.12. The molecule has 0 heterocycles. The normalized spacial score (nSPS) is 10.3. The fraction of sp³-hybridized carbons (Fsp3) is 0.125. The quantitative estimate of drug-likeness (QED) is 0.809. The van der Waals surface area contributed by atoms with Gasteiger partial charge in [-0.15, -0.1) is 0 Å². The van der Waals surface area contributed by atoms with E-state index < -0.39 is 30.0 Å². The Morgan fingerprint density at radius 2 is 1.64 bits per heavy atom. The molecule has 0 aromatic heterocycles. The van der Waals surface area contributed by atoms with Gasteiger partial charge in [-0.2, -0.15) is 8.78 Å². The Labute approximate surface area is 140 Å². The second-order valence-corrected chi connectivity index (χ2v) is 4.63. The lowest BCUT2D eigenvalue weighted by molar-refractivity contribution is -0.0515. The molecule has 0 atom stereocenters. The van der Waals surface area contributed by atoms with Crippen LogP contribution in [0.25, 0.3) is 0 Å². The van der Waals surface area contributed by atoms with Gasteiger partial charge in [-0.05, 0) is 36.4 Å². The summed E-state index contributed by atoms with van der Waals surface area (Å²) in [4.78, 5) is 24.0. The van der Waals surface area contributed by atoms with Gasteiger partial charge in [-0.25, -0.2) is 4.39 Å². The average Bonchev–Trinajstić information content (AvgIpc) is 2.59. The summed E-state index contributed by atoms with van der Waals surface area (Å²) in [6.07, 6.45) is 0. The highest BCUT2D eigenvalue weighted by molar-refractivity contribution is 6.01. The summed E-state index contributed by atoms with van der Waals surface area (Å²) in [5.74, 6) is -2.67. The number of hydrogen-bond acceptors (Lipinski definition) is 4. The van der Waals surface area contributed by atoms with Crippen molar-refractivity contribution >= 4 is 11.8 Å². The van der Waals surface area contributed by atoms with E-state index in [0.29, 0.717) is 0 Å². The van der Waals surface area contributed by atoms with Crippen LogP contribution in [0.2, 0.25) is 0 Å². The number of rotatable bonds is 5. The standard InChI is InChI=1S/C16H13F3N2O4/c1-24-12-4-2-3-11(13(12)25-16(18)19)15(23)21-20-14(22)9-5-7-10(17)8-6-9/h2-8,16H,1H3,(H,20,22)(H,21,23). The van der Waals surface area contributed by atoms with Gasteiger partial charge in [0.1, 0.15) is 5.82 Å². The van der Waals surface area contributed by atoms with E-state index >= 15 is 0 Å². The number of nitrogens with one attached hydrogen (secondary N) is 2. The Morgan fingerprint density at radius 3 is 2.24 bits per heavy atom. The van der Waals surface area contributed by atoms with Gasteiger partial charge in [0.25, 0.3) is 11.8 Å². The van der Waals surface area contributed by atoms with Gasteiger partial charge in [0.15, 0.2) is 11.5 Å². The van der Waals surface area contributed by atoms with Crippen LogP contribution in [0, 0.1) is 5.82 Å². The number of carbonyl (C=O) groups is 2. The SMILES string of the molecule is COc1cccc(C(=O)NNC(=O)c2ccc(F)cc2)c1OC(F)F. The van der Waals surface area contributed by atoms with Crippen molar-refractivity contribution in [1.82, 2.24) is 10.9 Å². The molecule has 2 rings (SSSR count). The van der Waals surface area contributed by atoms with Crippen molar-refractivity contribution in [3.63, 3.8) is 0 Å². The Hall–Kier alpha value is -3.23. The fourth-order valence-electron chi connectivity index (χ4n) is 1.92. The third-order valence-corrected chi connectivity index (χ3v) is 3.05. The lowest BCUT2D eigenvalue weighted by Gasteiger charge is -2.14. The van der Waals surface area contributed by atoms with Gasteiger partial charge in [0.2, 0.25) is 0 Å². The molecule has 6 nitrogen and oxygen atoms in total. The van der Waals surface area contributed by atoms with Crippen LogP contribution in [0.15, 0.2) is 42.5 Å². The van der Waals surface area contributed by atoms with Crippen LogP contribution >= 0.6 is 0 Å². The van der Waals surface area contributed by atoms with E-state index in [4.69, 9.17) is 4.74 Å². The number of amides is 2. The molecular formula is C16H13F3N2O4. The molecule has 2 N–H and O–H groups in total. The van der Waals surface area contributed by atoms with Crippen molar-refractivity contribution in [3.05, 3.63) is 59.4 Å². The first-order valence-electron chi connectivity index (χ1n) is 6.90. The predicted octanol–water partition coefficient (Wildman–Crippen LogP) is 2.51. The molecule has 0 spiro atoms. The first-order valence-corrected chi connectivity index (χ1v) is 6.90. The number of ether oxygens (including phenoxy) is 2. The monoisotopic (exact) mass is 354 g/mol. The van der Waals surface area contributed by atoms with Crippen LogP contribution in [-0.2, 0) is 0 Å². The minimum Gasteiger partial charge on any atom is -0.493 e. The van der Waals surface area contributed by atoms with Crippen molar-refractivity contribution in [3.8, 4) is 11.5 Å². The van der Waals surface area contributed by atoms with Crippen LogP contribution in [0.4, 0.5) is 13.2 Å². The number of hydrazine groups is 1. The van der Waals surface area contributed by atoms with Crippen LogP contribution < -0.4 is 20.3 Å². The molecule has 9 heteroatoms. The summed E-state index contributed by atoms with van der Waals surface area (Å²) in [6.45, 7) is -3.17. The van der Waals surface area contributed by atoms with E-state index in [1.807, 2.05) is 0 Å². The molecule has 2 amide bonds. The highest BCUT2D eigenvalue weighted by Crippen LogP contribution is 2.32. The third kappa shape index (κ3) is 4.63. The largest absolute Gasteiger partial charge is 0.493 e. The number of halogens is 3. The van der Waals surface area contributed by atoms with Crippen LogP contribution in [0.5, 0.6) is 11.5 Å². The Morgan fingerprint density at radius 1 is 1.00 bits per heavy atom. The van der Waals surface area contributed by atoms with Crippen LogP contribution in [0.1, 0.15) is 20.7 Å². The molecule has 132 valence electrons. The lowest BCUT2D eigenvalue weighted by atomic mass is 10.1. The zero-order valence-corrected chi connectivity index (χ0v) is 12.9. The van der Waals surface area contributed by atoms with Gasteiger partial charge in [-0.3, -0.25) is 20.4 Å². The van der Waals surface area contributed by atoms with E-state index in [-0.39, 0.29) is 16.9 Å². The van der Waals surface area contributed by atoms with Crippen molar-refractivity contribution in [1.29, 1.82) is 0 Å². The topological polar surface area (TPSA) is 76.7 Å². The smallest absolute Gasteiger partial charge is 0.387 e. The summed E-state index contributed by atoms with van der Waals surface area (Å²) in [7, 11) is 1.23. The molecule has 0 radical (unpaired) electrons. The summed E-state index contributed by atoms with van der Waals surface area (Å²) >= 11 is 0. The van der Waals surface area contributed by atoms with Gasteiger partial charge in [-0.1, -0.05) is 6.07 Å². The second-order valence-electron chi connectivity index (χ2n) is 4.63. The maximum atomic E-state index is 12.8. The van der Waals surface area contributed by atoms with E-state index in [1.54, 1.807) is 0 Å². The highest BCUT2D eigenvalue weighted by Gasteiger charge is 2.20. The highest BCUT2D eigenvalue weighted by atomic mass is 19.3. The van der Waals surface area contributed by atoms with E-state index in [2.05, 4.69) is 15.6 Å². The molecule has 0 aliphatic carbocycles. The third-order valence-electron chi connectivity index (χ3n) is 3.05. The molecule has 0 aliphatic rings. The van der Waals surface area contributed by atoms with Crippen molar-refractivity contribution in [2.24, 2.45) is 0 Å². The summed E-state index contributed by atoms with van der Waals surface area (Å²) in [5, 5.41) is 0. The molecule has 0 saturated carbocycles. The maximum absolute atomic E-state index is 12.8. The van der Waals surface area contributed by atoms with E-state index in [1.165, 1.54) is 37.4 Å². The summed E-state index contributed by atoms with van der Waals surface area (Å²) in [6, 6.07) is 8.54. The number of para-hydroxylation sites is 1. The minimum absolute atomic E-state index is 0.0715. The van der Waals surface area contributed by atoms with Crippen LogP contribution in [-0.4, -0.2) is 25.5 Å². The molecule has 0 aliphatic heterocycles. The molecule has 0 bridgehead atoms. The molecular weight excluding hydrogens is 341 g/mol. The van der Waals surface area contributed by atoms with Gasteiger partial charge >= 0.3 is 6.61 Å². The number of hydrogen-bond donors (Lipinski definition) is 2. The second kappa shape index (κ2) is 8.04. The number of benzene rings is 2. The minimum atomic E-state index is -3.17. The average molecular weight is 354 g/mol. The van der Waals surface area contributed by atoms with E-state index in [0.717, 1.165) is 12.1 Å². The van der Waals surface area contributed by atoms with E-state index in [9.17, 15) is 22.8 Å². The van der Waals surface area contributed by atoms with Gasteiger partial charge < -0.3 is 9.47 Å². The molecule has 2 aromatic rings. The first kappa shape index (κ1) is 18.1. The number of carbonyl (C=O) groups excluding carboxylic acids is 2. The zero-order chi connectivity index (χ0) is 18.4. The van der Waals surface area contributed by atoms with Crippen molar-refractivity contribution in [2.45, 2.75) is 6.61 Å². The summed E-state index contributed by atoms with van der Waals surface area (Å²) < 4.78 is 47.1. The van der Waals surface area contributed by atoms with Crippen molar-refractivity contribution in [2.75, 3.05) is 7.11 Å². The van der Waals surface area contributed by atoms with Gasteiger partial charge in [0, 0.05) is 5.56 Å². The lowest BCUT2D eigenvalue weighted by Crippen LogP contribution is -2.41. The predicted molar refractivity (Wildman–Crippen MR) is 81.0 cm³/mol. The molecule has 2 aromatic carbocycles. The van der Waals surface area contributed by atoms with Crippen molar-refractivity contribution < 1.29 is 32.2 Å². The number of methoxy groups -OCH3 is 1.